The fraction of sp³-hybridized carbons (Fsp3) is 0.400. The summed E-state index contributed by atoms with van der Waals surface area (Å²) in [5, 5.41) is 0. The first-order valence-corrected chi connectivity index (χ1v) is 9.05. The number of hydrogen-bond donors (Lipinski definition) is 2. The first-order valence-electron chi connectivity index (χ1n) is 9.05. The molecule has 0 amide bonds. The maximum atomic E-state index is 6.45. The largest absolute Gasteiger partial charge is 0.493 e. The Labute approximate surface area is 153 Å². The number of nitrogen functional groups attached to an aromatic ring is 2. The van der Waals surface area contributed by atoms with E-state index in [0.717, 1.165) is 41.0 Å². The lowest BCUT2D eigenvalue weighted by atomic mass is 9.82. The zero-order chi connectivity index (χ0) is 18.1. The van der Waals surface area contributed by atoms with E-state index in [4.69, 9.17) is 20.9 Å². The number of nitrogens with zero attached hydrogens (tertiary/aromatic N) is 2. The number of fused-ring (bicyclic) bond motifs is 1. The van der Waals surface area contributed by atoms with E-state index in [9.17, 15) is 0 Å². The van der Waals surface area contributed by atoms with Gasteiger partial charge in [-0.15, -0.1) is 0 Å². The van der Waals surface area contributed by atoms with Crippen LogP contribution in [0.5, 0.6) is 11.5 Å². The Balaban J connectivity index is 1.66. The number of methoxy groups -OCH3 is 1. The Hall–Kier alpha value is -2.76. The van der Waals surface area contributed by atoms with Crippen LogP contribution in [0.2, 0.25) is 0 Å². The lowest BCUT2D eigenvalue weighted by Crippen LogP contribution is -2.37. The molecule has 1 fully saturated rings. The van der Waals surface area contributed by atoms with Crippen LogP contribution in [0.1, 0.15) is 48.8 Å². The van der Waals surface area contributed by atoms with Crippen LogP contribution in [-0.2, 0) is 6.42 Å². The molecule has 1 aliphatic heterocycles. The Morgan fingerprint density at radius 3 is 2.73 bits per heavy atom. The minimum atomic E-state index is -0.171. The fourth-order valence-corrected chi connectivity index (χ4v) is 3.86. The second-order valence-electron chi connectivity index (χ2n) is 7.09. The van der Waals surface area contributed by atoms with Crippen molar-refractivity contribution in [3.63, 3.8) is 0 Å². The van der Waals surface area contributed by atoms with E-state index < -0.39 is 0 Å². The Kier molecular flexibility index (Phi) is 4.18. The molecule has 6 nitrogen and oxygen atoms in total. The van der Waals surface area contributed by atoms with E-state index in [1.807, 2.05) is 6.07 Å². The Bertz CT molecular complexity index is 857. The second-order valence-corrected chi connectivity index (χ2v) is 7.09. The van der Waals surface area contributed by atoms with Crippen LogP contribution in [0.3, 0.4) is 0 Å². The summed E-state index contributed by atoms with van der Waals surface area (Å²) in [6.45, 7) is 0. The summed E-state index contributed by atoms with van der Waals surface area (Å²) < 4.78 is 12.1. The number of nitrogens with two attached hydrogens (primary N) is 2. The molecule has 0 radical (unpaired) electrons. The first-order chi connectivity index (χ1) is 12.6. The number of aromatic nitrogens is 2. The lowest BCUT2D eigenvalue weighted by molar-refractivity contribution is 0.0719. The maximum Gasteiger partial charge on any atom is 0.221 e. The maximum absolute atomic E-state index is 6.45. The number of hydrogen-bond acceptors (Lipinski definition) is 6. The third kappa shape index (κ3) is 3.07. The van der Waals surface area contributed by atoms with Crippen molar-refractivity contribution in [2.45, 2.75) is 44.1 Å². The van der Waals surface area contributed by atoms with Crippen LogP contribution in [-0.4, -0.2) is 22.7 Å². The summed E-state index contributed by atoms with van der Waals surface area (Å²) in [6, 6.07) is 4.12. The summed E-state index contributed by atoms with van der Waals surface area (Å²) in [4.78, 5) is 8.07. The second kappa shape index (κ2) is 6.52. The van der Waals surface area contributed by atoms with E-state index in [1.54, 1.807) is 13.3 Å². The molecule has 0 saturated heterocycles. The van der Waals surface area contributed by atoms with Crippen molar-refractivity contribution >= 4 is 17.8 Å². The monoisotopic (exact) mass is 352 g/mol. The van der Waals surface area contributed by atoms with Crippen LogP contribution < -0.4 is 20.9 Å². The van der Waals surface area contributed by atoms with Crippen molar-refractivity contribution in [1.29, 1.82) is 0 Å². The summed E-state index contributed by atoms with van der Waals surface area (Å²) in [5.41, 5.74) is 14.3. The van der Waals surface area contributed by atoms with Gasteiger partial charge in [0.1, 0.15) is 11.4 Å². The molecule has 1 saturated carbocycles. The molecule has 0 bridgehead atoms. The average Bonchev–Trinajstić information content (AvgIpc) is 2.64. The molecule has 1 aliphatic carbocycles. The van der Waals surface area contributed by atoms with Crippen LogP contribution in [0, 0.1) is 0 Å². The van der Waals surface area contributed by atoms with Crippen LogP contribution in [0.25, 0.3) is 6.08 Å². The topological polar surface area (TPSA) is 96.3 Å². The van der Waals surface area contributed by atoms with Crippen LogP contribution in [0.4, 0.5) is 11.8 Å². The molecule has 2 aliphatic rings. The first kappa shape index (κ1) is 16.7. The van der Waals surface area contributed by atoms with Gasteiger partial charge in [0.2, 0.25) is 5.95 Å². The van der Waals surface area contributed by atoms with Gasteiger partial charge in [-0.1, -0.05) is 12.5 Å². The van der Waals surface area contributed by atoms with Gasteiger partial charge in [0, 0.05) is 23.7 Å². The van der Waals surface area contributed by atoms with E-state index >= 15 is 0 Å². The predicted octanol–water partition coefficient (Wildman–Crippen LogP) is 3.35. The molecule has 0 atom stereocenters. The van der Waals surface area contributed by atoms with Gasteiger partial charge in [0.15, 0.2) is 11.5 Å². The fourth-order valence-electron chi connectivity index (χ4n) is 3.86. The molecule has 4 rings (SSSR count). The summed E-state index contributed by atoms with van der Waals surface area (Å²) >= 11 is 0. The van der Waals surface area contributed by atoms with Crippen molar-refractivity contribution in [1.82, 2.24) is 9.97 Å². The van der Waals surface area contributed by atoms with Crippen molar-refractivity contribution in [3.05, 3.63) is 41.1 Å². The SMILES string of the molecule is COc1cc(Cc2cnc(N)nc2N)cc2c1OC1(C=C2)CCCCC1. The Morgan fingerprint density at radius 1 is 1.19 bits per heavy atom. The van der Waals surface area contributed by atoms with Crippen molar-refractivity contribution in [3.8, 4) is 11.5 Å². The third-order valence-electron chi connectivity index (χ3n) is 5.25. The van der Waals surface area contributed by atoms with E-state index in [-0.39, 0.29) is 11.5 Å². The molecule has 6 heteroatoms. The van der Waals surface area contributed by atoms with Crippen molar-refractivity contribution < 1.29 is 9.47 Å². The molecule has 2 aromatic rings. The van der Waals surface area contributed by atoms with Gasteiger partial charge in [-0.25, -0.2) is 4.98 Å². The van der Waals surface area contributed by atoms with Gasteiger partial charge in [-0.05, 0) is 49.5 Å². The number of rotatable bonds is 3. The van der Waals surface area contributed by atoms with Crippen LogP contribution in [0.15, 0.2) is 24.4 Å². The smallest absolute Gasteiger partial charge is 0.221 e. The average molecular weight is 352 g/mol. The predicted molar refractivity (Wildman–Crippen MR) is 102 cm³/mol. The number of benzene rings is 1. The van der Waals surface area contributed by atoms with E-state index in [2.05, 4.69) is 28.2 Å². The third-order valence-corrected chi connectivity index (χ3v) is 5.25. The molecule has 1 aromatic carbocycles. The highest BCUT2D eigenvalue weighted by Crippen LogP contribution is 2.44. The van der Waals surface area contributed by atoms with Gasteiger partial charge in [0.25, 0.3) is 0 Å². The molecule has 1 spiro atoms. The summed E-state index contributed by atoms with van der Waals surface area (Å²) in [5.74, 6) is 2.18. The highest BCUT2D eigenvalue weighted by atomic mass is 16.5. The minimum absolute atomic E-state index is 0.171. The van der Waals surface area contributed by atoms with Crippen molar-refractivity contribution in [2.24, 2.45) is 0 Å². The van der Waals surface area contributed by atoms with Crippen LogP contribution >= 0.6 is 0 Å². The highest BCUT2D eigenvalue weighted by molar-refractivity contribution is 5.67. The zero-order valence-corrected chi connectivity index (χ0v) is 15.0. The Morgan fingerprint density at radius 2 is 2.00 bits per heavy atom. The molecule has 0 unspecified atom stereocenters. The standard InChI is InChI=1S/C20H24N4O2/c1-25-16-11-13(10-15-12-23-19(22)24-18(15)21)9-14-5-8-20(26-17(14)16)6-3-2-4-7-20/h5,8-9,11-12H,2-4,6-7,10H2,1H3,(H4,21,22,23,24). The van der Waals surface area contributed by atoms with E-state index in [0.29, 0.717) is 12.2 Å². The minimum Gasteiger partial charge on any atom is -0.493 e. The number of ether oxygens (including phenoxy) is 2. The molecular formula is C20H24N4O2. The van der Waals surface area contributed by atoms with Gasteiger partial charge in [-0.2, -0.15) is 4.98 Å². The number of anilines is 2. The molecule has 2 heterocycles. The molecular weight excluding hydrogens is 328 g/mol. The van der Waals surface area contributed by atoms with Gasteiger partial charge in [-0.3, -0.25) is 0 Å². The normalized spacial score (nSPS) is 17.6. The summed E-state index contributed by atoms with van der Waals surface area (Å²) in [6.07, 6.45) is 12.5. The molecule has 1 aromatic heterocycles. The quantitative estimate of drug-likeness (QED) is 0.879. The van der Waals surface area contributed by atoms with Gasteiger partial charge < -0.3 is 20.9 Å². The zero-order valence-electron chi connectivity index (χ0n) is 15.0. The lowest BCUT2D eigenvalue weighted by Gasteiger charge is -2.38. The van der Waals surface area contributed by atoms with Gasteiger partial charge >= 0.3 is 0 Å². The summed E-state index contributed by atoms with van der Waals surface area (Å²) in [7, 11) is 1.68. The van der Waals surface area contributed by atoms with Gasteiger partial charge in [0.05, 0.1) is 7.11 Å². The molecule has 136 valence electrons. The molecule has 26 heavy (non-hydrogen) atoms. The molecule has 4 N–H and O–H groups in total. The van der Waals surface area contributed by atoms with E-state index in [1.165, 1.54) is 19.3 Å². The van der Waals surface area contributed by atoms with Crippen molar-refractivity contribution in [2.75, 3.05) is 18.6 Å². The highest BCUT2D eigenvalue weighted by Gasteiger charge is 2.35.